The van der Waals surface area contributed by atoms with Crippen molar-refractivity contribution >= 4 is 11.5 Å². The Hall–Kier alpha value is -2.67. The number of nitrogens with two attached hydrogens (primary N) is 1. The third kappa shape index (κ3) is 3.09. The van der Waals surface area contributed by atoms with Crippen LogP contribution < -0.4 is 10.5 Å². The molecule has 2 aromatic rings. The highest BCUT2D eigenvalue weighted by Gasteiger charge is 2.20. The van der Waals surface area contributed by atoms with Crippen LogP contribution in [0.1, 0.15) is 15.9 Å². The van der Waals surface area contributed by atoms with E-state index in [9.17, 15) is 13.6 Å². The second-order valence-corrected chi connectivity index (χ2v) is 4.94. The largest absolute Gasteiger partial charge is 0.433 e. The Labute approximate surface area is 130 Å². The number of benzene rings is 1. The van der Waals surface area contributed by atoms with E-state index in [2.05, 4.69) is 14.7 Å². The summed E-state index contributed by atoms with van der Waals surface area (Å²) >= 11 is 0. The van der Waals surface area contributed by atoms with E-state index in [0.29, 0.717) is 28.0 Å². The number of carbonyl (C=O) groups excluding carboxylic acids is 1. The number of alkyl halides is 2. The van der Waals surface area contributed by atoms with Crippen molar-refractivity contribution in [2.75, 3.05) is 13.1 Å². The van der Waals surface area contributed by atoms with Crippen molar-refractivity contribution in [3.63, 3.8) is 0 Å². The SMILES string of the molecule is NCC1=NCC(=O)c2ccc(-c3cncc(OC(F)F)c3)cc21. The smallest absolute Gasteiger partial charge is 0.387 e. The third-order valence-corrected chi connectivity index (χ3v) is 3.51. The average Bonchev–Trinajstić information content (AvgIpc) is 2.54. The number of halogens is 2. The van der Waals surface area contributed by atoms with Crippen molar-refractivity contribution in [1.82, 2.24) is 4.98 Å². The molecule has 0 saturated heterocycles. The lowest BCUT2D eigenvalue weighted by molar-refractivity contribution is -0.0500. The number of carbonyl (C=O) groups is 1. The molecule has 0 atom stereocenters. The van der Waals surface area contributed by atoms with Crippen molar-refractivity contribution in [3.8, 4) is 16.9 Å². The molecule has 0 radical (unpaired) electrons. The first-order valence-electron chi connectivity index (χ1n) is 6.89. The van der Waals surface area contributed by atoms with Gasteiger partial charge in [-0.2, -0.15) is 8.78 Å². The van der Waals surface area contributed by atoms with E-state index >= 15 is 0 Å². The van der Waals surface area contributed by atoms with Gasteiger partial charge in [0.2, 0.25) is 0 Å². The summed E-state index contributed by atoms with van der Waals surface area (Å²) < 4.78 is 29.0. The Balaban J connectivity index is 2.02. The Morgan fingerprint density at radius 2 is 2.00 bits per heavy atom. The Morgan fingerprint density at radius 3 is 2.74 bits per heavy atom. The first-order chi connectivity index (χ1) is 11.1. The summed E-state index contributed by atoms with van der Waals surface area (Å²) in [5.41, 5.74) is 8.87. The summed E-state index contributed by atoms with van der Waals surface area (Å²) in [5.74, 6) is -0.101. The van der Waals surface area contributed by atoms with Crippen LogP contribution in [0.5, 0.6) is 5.75 Å². The zero-order valence-corrected chi connectivity index (χ0v) is 12.0. The van der Waals surface area contributed by atoms with Crippen LogP contribution in [0.15, 0.2) is 41.7 Å². The van der Waals surface area contributed by atoms with Crippen LogP contribution >= 0.6 is 0 Å². The van der Waals surface area contributed by atoms with Crippen LogP contribution in [0, 0.1) is 0 Å². The zero-order valence-electron chi connectivity index (χ0n) is 12.0. The summed E-state index contributed by atoms with van der Waals surface area (Å²) in [5, 5.41) is 0. The molecule has 3 rings (SSSR count). The molecular formula is C16H13F2N3O2. The van der Waals surface area contributed by atoms with Crippen LogP contribution in [0.3, 0.4) is 0 Å². The molecule has 0 unspecified atom stereocenters. The predicted molar refractivity (Wildman–Crippen MR) is 81.1 cm³/mol. The fourth-order valence-corrected chi connectivity index (χ4v) is 2.46. The molecule has 0 bridgehead atoms. The Kier molecular flexibility index (Phi) is 4.12. The van der Waals surface area contributed by atoms with Gasteiger partial charge in [0.05, 0.1) is 11.9 Å². The van der Waals surface area contributed by atoms with Gasteiger partial charge in [0.25, 0.3) is 0 Å². The number of pyridine rings is 1. The lowest BCUT2D eigenvalue weighted by atomic mass is 9.93. The molecule has 1 aromatic carbocycles. The van der Waals surface area contributed by atoms with E-state index in [1.165, 1.54) is 18.5 Å². The Morgan fingerprint density at radius 1 is 1.17 bits per heavy atom. The number of ketones is 1. The fourth-order valence-electron chi connectivity index (χ4n) is 2.46. The number of ether oxygens (including phenoxy) is 1. The van der Waals surface area contributed by atoms with Gasteiger partial charge in [-0.05, 0) is 17.7 Å². The zero-order chi connectivity index (χ0) is 16.4. The predicted octanol–water partition coefficient (Wildman–Crippen LogP) is 2.29. The summed E-state index contributed by atoms with van der Waals surface area (Å²) in [6.45, 7) is -2.60. The van der Waals surface area contributed by atoms with Crippen molar-refractivity contribution in [1.29, 1.82) is 0 Å². The van der Waals surface area contributed by atoms with Crippen molar-refractivity contribution in [2.45, 2.75) is 6.61 Å². The van der Waals surface area contributed by atoms with Gasteiger partial charge >= 0.3 is 6.61 Å². The molecule has 1 aromatic heterocycles. The summed E-state index contributed by atoms with van der Waals surface area (Å²) in [4.78, 5) is 20.0. The van der Waals surface area contributed by atoms with Crippen LogP contribution in [0.25, 0.3) is 11.1 Å². The standard InChI is InChI=1S/C16H13F2N3O2/c17-16(18)23-11-3-10(6-20-7-11)9-1-2-12-13(4-9)14(5-19)21-8-15(12)22/h1-4,6-7,16H,5,8,19H2. The maximum absolute atomic E-state index is 12.3. The van der Waals surface area contributed by atoms with E-state index in [1.807, 2.05) is 0 Å². The highest BCUT2D eigenvalue weighted by Crippen LogP contribution is 2.27. The van der Waals surface area contributed by atoms with E-state index in [-0.39, 0.29) is 24.6 Å². The van der Waals surface area contributed by atoms with E-state index < -0.39 is 6.61 Å². The molecule has 7 heteroatoms. The highest BCUT2D eigenvalue weighted by molar-refractivity contribution is 6.16. The number of aliphatic imine (C=N–C) groups is 1. The first kappa shape index (κ1) is 15.2. The monoisotopic (exact) mass is 317 g/mol. The van der Waals surface area contributed by atoms with Crippen LogP contribution in [0.4, 0.5) is 8.78 Å². The molecule has 5 nitrogen and oxygen atoms in total. The second-order valence-electron chi connectivity index (χ2n) is 4.94. The molecule has 1 aliphatic rings. The molecule has 118 valence electrons. The minimum Gasteiger partial charge on any atom is -0.433 e. The molecule has 2 heterocycles. The Bertz CT molecular complexity index is 791. The number of nitrogens with zero attached hydrogens (tertiary/aromatic N) is 2. The minimum atomic E-state index is -2.91. The molecule has 1 aliphatic heterocycles. The maximum atomic E-state index is 12.3. The number of aromatic nitrogens is 1. The van der Waals surface area contributed by atoms with Gasteiger partial charge in [-0.25, -0.2) is 0 Å². The van der Waals surface area contributed by atoms with Gasteiger partial charge < -0.3 is 10.5 Å². The topological polar surface area (TPSA) is 77.6 Å². The number of Topliss-reactive ketones (excluding diaryl/α,β-unsaturated/α-hetero) is 1. The summed E-state index contributed by atoms with van der Waals surface area (Å²) in [7, 11) is 0. The number of fused-ring (bicyclic) bond motifs is 1. The summed E-state index contributed by atoms with van der Waals surface area (Å²) in [6.07, 6.45) is 2.74. The maximum Gasteiger partial charge on any atom is 0.387 e. The van der Waals surface area contributed by atoms with Gasteiger partial charge in [-0.3, -0.25) is 14.8 Å². The van der Waals surface area contributed by atoms with Crippen molar-refractivity contribution < 1.29 is 18.3 Å². The van der Waals surface area contributed by atoms with Crippen LogP contribution in [-0.4, -0.2) is 36.2 Å². The van der Waals surface area contributed by atoms with Crippen LogP contribution in [-0.2, 0) is 0 Å². The molecule has 0 fully saturated rings. The molecular weight excluding hydrogens is 304 g/mol. The minimum absolute atomic E-state index is 0.0287. The fraction of sp³-hybridized carbons (Fsp3) is 0.188. The number of hydrogen-bond acceptors (Lipinski definition) is 5. The highest BCUT2D eigenvalue weighted by atomic mass is 19.3. The van der Waals surface area contributed by atoms with Gasteiger partial charge in [0, 0.05) is 29.4 Å². The van der Waals surface area contributed by atoms with E-state index in [0.717, 1.165) is 0 Å². The number of hydrogen-bond donors (Lipinski definition) is 1. The molecule has 0 amide bonds. The third-order valence-electron chi connectivity index (χ3n) is 3.51. The molecule has 23 heavy (non-hydrogen) atoms. The van der Waals surface area contributed by atoms with Gasteiger partial charge in [-0.1, -0.05) is 12.1 Å². The average molecular weight is 317 g/mol. The molecule has 0 spiro atoms. The van der Waals surface area contributed by atoms with E-state index in [4.69, 9.17) is 5.73 Å². The van der Waals surface area contributed by atoms with Crippen molar-refractivity contribution in [2.24, 2.45) is 10.7 Å². The van der Waals surface area contributed by atoms with E-state index in [1.54, 1.807) is 18.2 Å². The lowest BCUT2D eigenvalue weighted by Gasteiger charge is -2.16. The first-order valence-corrected chi connectivity index (χ1v) is 6.89. The quantitative estimate of drug-likeness (QED) is 0.938. The lowest BCUT2D eigenvalue weighted by Crippen LogP contribution is -2.24. The van der Waals surface area contributed by atoms with Crippen molar-refractivity contribution in [3.05, 3.63) is 47.8 Å². The van der Waals surface area contributed by atoms with Gasteiger partial charge in [0.1, 0.15) is 12.3 Å². The molecule has 2 N–H and O–H groups in total. The van der Waals surface area contributed by atoms with Crippen LogP contribution in [0.2, 0.25) is 0 Å². The second kappa shape index (κ2) is 6.21. The normalized spacial score (nSPS) is 13.7. The molecule has 0 saturated carbocycles. The molecule has 0 aliphatic carbocycles. The number of rotatable bonds is 4. The summed E-state index contributed by atoms with van der Waals surface area (Å²) in [6, 6.07) is 6.66. The van der Waals surface area contributed by atoms with Gasteiger partial charge in [-0.15, -0.1) is 0 Å². The van der Waals surface area contributed by atoms with Gasteiger partial charge in [0.15, 0.2) is 5.78 Å².